The van der Waals surface area contributed by atoms with E-state index in [0.29, 0.717) is 31.1 Å². The van der Waals surface area contributed by atoms with Gasteiger partial charge in [0.1, 0.15) is 11.1 Å². The maximum atomic E-state index is 14.0. The van der Waals surface area contributed by atoms with Crippen molar-refractivity contribution < 1.29 is 18.1 Å². The Kier molecular flexibility index (Phi) is 4.59. The number of fused-ring (bicyclic) bond motifs is 3. The molecule has 1 aromatic heterocycles. The van der Waals surface area contributed by atoms with Gasteiger partial charge in [-0.2, -0.15) is 5.10 Å². The highest BCUT2D eigenvalue weighted by Crippen LogP contribution is 2.39. The second kappa shape index (κ2) is 7.05. The van der Waals surface area contributed by atoms with Crippen LogP contribution in [0.25, 0.3) is 0 Å². The van der Waals surface area contributed by atoms with Gasteiger partial charge in [-0.25, -0.2) is 23.2 Å². The normalized spacial score (nSPS) is 23.7. The molecule has 0 saturated carbocycles. The highest BCUT2D eigenvalue weighted by Gasteiger charge is 2.30. The van der Waals surface area contributed by atoms with Crippen LogP contribution in [0.5, 0.6) is 5.88 Å². The zero-order valence-electron chi connectivity index (χ0n) is 16.7. The molecule has 1 aliphatic heterocycles. The highest BCUT2D eigenvalue weighted by molar-refractivity contribution is 7.91. The van der Waals surface area contributed by atoms with Gasteiger partial charge in [-0.15, -0.1) is 4.36 Å². The van der Waals surface area contributed by atoms with Gasteiger partial charge in [-0.05, 0) is 41.5 Å². The molecule has 5 rings (SSSR count). The smallest absolute Gasteiger partial charge is 0.354 e. The molecule has 0 saturated heterocycles. The Labute approximate surface area is 174 Å². The molecule has 0 radical (unpaired) electrons. The van der Waals surface area contributed by atoms with Crippen molar-refractivity contribution in [2.75, 3.05) is 11.9 Å². The van der Waals surface area contributed by atoms with Crippen LogP contribution in [0.3, 0.4) is 0 Å². The first-order valence-electron chi connectivity index (χ1n) is 10.2. The molecule has 1 aromatic carbocycles. The van der Waals surface area contributed by atoms with Crippen molar-refractivity contribution in [1.29, 1.82) is 0 Å². The van der Waals surface area contributed by atoms with E-state index in [1.807, 2.05) is 6.92 Å². The predicted molar refractivity (Wildman–Crippen MR) is 110 cm³/mol. The van der Waals surface area contributed by atoms with Crippen molar-refractivity contribution in [3.63, 3.8) is 0 Å². The monoisotopic (exact) mass is 433 g/mol. The predicted octanol–water partition coefficient (Wildman–Crippen LogP) is 2.77. The number of benzene rings is 1. The summed E-state index contributed by atoms with van der Waals surface area (Å²) < 4.78 is 38.1. The molecule has 30 heavy (non-hydrogen) atoms. The number of carbonyl (C=O) groups excluding carboxylic acids is 1. The van der Waals surface area contributed by atoms with Crippen molar-refractivity contribution in [2.24, 2.45) is 15.4 Å². The SMILES string of the molecule is C[C@H]1COc2c([S@@](N)(=O)=NC(=O)Nc3c4c(cc5c3C[C@H](F)C5)CCC4)cnn2C1. The average Bonchev–Trinajstić information content (AvgIpc) is 3.37. The van der Waals surface area contributed by atoms with Crippen molar-refractivity contribution in [2.45, 2.75) is 56.6 Å². The summed E-state index contributed by atoms with van der Waals surface area (Å²) in [6, 6.07) is 1.25. The number of hydrogen-bond acceptors (Lipinski definition) is 4. The molecule has 3 atom stereocenters. The van der Waals surface area contributed by atoms with E-state index >= 15 is 0 Å². The van der Waals surface area contributed by atoms with E-state index in [-0.39, 0.29) is 17.2 Å². The van der Waals surface area contributed by atoms with Crippen molar-refractivity contribution >= 4 is 21.6 Å². The third-order valence-electron chi connectivity index (χ3n) is 5.98. The number of halogens is 1. The standard InChI is InChI=1S/C20H24FN5O3S/c1-11-9-26-19(29-10-11)17(8-23-26)30(22,28)25-20(27)24-18-15-4-2-3-12(15)5-13-6-14(21)7-16(13)18/h5,8,11,14H,2-4,6-7,9-10H2,1H3,(H3,22,24,25,27,28)/t11-,14-,30+/m1/s1. The Hall–Kier alpha value is -2.46. The van der Waals surface area contributed by atoms with E-state index in [1.165, 1.54) is 6.20 Å². The third-order valence-corrected chi connectivity index (χ3v) is 7.33. The molecule has 10 heteroatoms. The number of aromatic nitrogens is 2. The minimum absolute atomic E-state index is 0.108. The van der Waals surface area contributed by atoms with E-state index in [4.69, 9.17) is 9.88 Å². The second-order valence-corrected chi connectivity index (χ2v) is 10.1. The number of nitrogens with zero attached hydrogens (tertiary/aromatic N) is 3. The van der Waals surface area contributed by atoms with Gasteiger partial charge in [-0.3, -0.25) is 0 Å². The molecule has 3 aliphatic rings. The molecular formula is C20H24FN5O3S. The first-order chi connectivity index (χ1) is 14.3. The summed E-state index contributed by atoms with van der Waals surface area (Å²) in [5.74, 6) is 0.555. The minimum atomic E-state index is -3.55. The Morgan fingerprint density at radius 3 is 3.03 bits per heavy atom. The van der Waals surface area contributed by atoms with Crippen LogP contribution >= 0.6 is 0 Å². The molecule has 2 aromatic rings. The number of aryl methyl sites for hydroxylation is 1. The molecule has 160 valence electrons. The van der Waals surface area contributed by atoms with E-state index < -0.39 is 22.1 Å². The summed E-state index contributed by atoms with van der Waals surface area (Å²) >= 11 is 0. The van der Waals surface area contributed by atoms with Gasteiger partial charge in [0.2, 0.25) is 5.88 Å². The molecule has 0 fully saturated rings. The van der Waals surface area contributed by atoms with Crippen LogP contribution in [0.2, 0.25) is 0 Å². The highest BCUT2D eigenvalue weighted by atomic mass is 32.2. The van der Waals surface area contributed by atoms with E-state index in [1.54, 1.807) is 4.68 Å². The molecule has 3 N–H and O–H groups in total. The number of ether oxygens (including phenoxy) is 1. The number of carbonyl (C=O) groups is 1. The number of nitrogens with one attached hydrogen (secondary N) is 1. The summed E-state index contributed by atoms with van der Waals surface area (Å²) in [5, 5.41) is 12.9. The lowest BCUT2D eigenvalue weighted by molar-refractivity contribution is 0.171. The Bertz CT molecular complexity index is 1170. The van der Waals surface area contributed by atoms with Crippen LogP contribution in [0.4, 0.5) is 14.9 Å². The minimum Gasteiger partial charge on any atom is -0.477 e. The van der Waals surface area contributed by atoms with Crippen LogP contribution in [0, 0.1) is 5.92 Å². The first-order valence-corrected chi connectivity index (χ1v) is 11.7. The number of alkyl halides is 1. The van der Waals surface area contributed by atoms with Gasteiger partial charge in [0.05, 0.1) is 19.3 Å². The van der Waals surface area contributed by atoms with Crippen molar-refractivity contribution in [3.05, 3.63) is 34.5 Å². The zero-order chi connectivity index (χ0) is 21.0. The Balaban J connectivity index is 1.47. The number of rotatable bonds is 2. The molecule has 0 spiro atoms. The number of amides is 2. The van der Waals surface area contributed by atoms with Gasteiger partial charge in [-0.1, -0.05) is 13.0 Å². The van der Waals surface area contributed by atoms with E-state index in [2.05, 4.69) is 20.8 Å². The lowest BCUT2D eigenvalue weighted by Crippen LogP contribution is -2.25. The number of urea groups is 1. The number of nitrogens with two attached hydrogens (primary N) is 1. The lowest BCUT2D eigenvalue weighted by Gasteiger charge is -2.21. The quantitative estimate of drug-likeness (QED) is 0.758. The third kappa shape index (κ3) is 3.27. The molecular weight excluding hydrogens is 409 g/mol. The van der Waals surface area contributed by atoms with Crippen molar-refractivity contribution in [1.82, 2.24) is 9.78 Å². The van der Waals surface area contributed by atoms with Crippen molar-refractivity contribution in [3.8, 4) is 5.88 Å². The van der Waals surface area contributed by atoms with E-state index in [0.717, 1.165) is 41.5 Å². The van der Waals surface area contributed by atoms with Crippen LogP contribution in [0.15, 0.2) is 21.5 Å². The fraction of sp³-hybridized carbons (Fsp3) is 0.500. The Morgan fingerprint density at radius 2 is 2.20 bits per heavy atom. The lowest BCUT2D eigenvalue weighted by atomic mass is 9.99. The number of hydrogen-bond donors (Lipinski definition) is 2. The zero-order valence-corrected chi connectivity index (χ0v) is 17.5. The second-order valence-electron chi connectivity index (χ2n) is 8.39. The summed E-state index contributed by atoms with van der Waals surface area (Å²) in [6.45, 7) is 3.08. The van der Waals surface area contributed by atoms with Gasteiger partial charge in [0.15, 0.2) is 9.92 Å². The van der Waals surface area contributed by atoms with Gasteiger partial charge < -0.3 is 10.1 Å². The first kappa shape index (κ1) is 19.5. The summed E-state index contributed by atoms with van der Waals surface area (Å²) in [4.78, 5) is 12.8. The van der Waals surface area contributed by atoms with Crippen LogP contribution in [0.1, 0.15) is 35.6 Å². The average molecular weight is 434 g/mol. The molecule has 0 bridgehead atoms. The van der Waals surface area contributed by atoms with Crippen LogP contribution in [-0.2, 0) is 42.1 Å². The fourth-order valence-electron chi connectivity index (χ4n) is 4.65. The molecule has 2 aliphatic carbocycles. The van der Waals surface area contributed by atoms with Crippen LogP contribution in [-0.4, -0.2) is 32.8 Å². The van der Waals surface area contributed by atoms with Gasteiger partial charge in [0.25, 0.3) is 0 Å². The topological polar surface area (TPSA) is 112 Å². The summed E-state index contributed by atoms with van der Waals surface area (Å²) in [5.41, 5.74) is 4.52. The van der Waals surface area contributed by atoms with Gasteiger partial charge in [0, 0.05) is 24.4 Å². The maximum absolute atomic E-state index is 14.0. The Morgan fingerprint density at radius 1 is 1.37 bits per heavy atom. The molecule has 8 nitrogen and oxygen atoms in total. The summed E-state index contributed by atoms with van der Waals surface area (Å²) in [7, 11) is -3.55. The molecule has 0 unspecified atom stereocenters. The maximum Gasteiger partial charge on any atom is 0.354 e. The fourth-order valence-corrected chi connectivity index (χ4v) is 5.66. The molecule has 2 heterocycles. The largest absolute Gasteiger partial charge is 0.477 e. The molecule has 2 amide bonds. The summed E-state index contributed by atoms with van der Waals surface area (Å²) in [6.07, 6.45) is 3.73. The van der Waals surface area contributed by atoms with Crippen LogP contribution < -0.4 is 15.2 Å². The van der Waals surface area contributed by atoms with E-state index in [9.17, 15) is 13.4 Å². The number of anilines is 1. The van der Waals surface area contributed by atoms with Gasteiger partial charge >= 0.3 is 6.03 Å².